The monoisotopic (exact) mass is 310 g/mol. The van der Waals surface area contributed by atoms with Gasteiger partial charge in [-0.05, 0) is 25.7 Å². The van der Waals surface area contributed by atoms with Crippen molar-refractivity contribution >= 4 is 23.5 Å². The second-order valence-corrected chi connectivity index (χ2v) is 5.92. The van der Waals surface area contributed by atoms with Crippen molar-refractivity contribution in [3.63, 3.8) is 0 Å². The van der Waals surface area contributed by atoms with Gasteiger partial charge in [0.25, 0.3) is 5.91 Å². The van der Waals surface area contributed by atoms with Gasteiger partial charge in [-0.3, -0.25) is 4.79 Å². The number of rotatable bonds is 5. The van der Waals surface area contributed by atoms with Crippen molar-refractivity contribution < 1.29 is 9.90 Å². The molecule has 1 aliphatic carbocycles. The Morgan fingerprint density at radius 3 is 2.76 bits per heavy atom. The summed E-state index contributed by atoms with van der Waals surface area (Å²) in [7, 11) is 0. The number of hydrogen-bond donors (Lipinski definition) is 1. The lowest BCUT2D eigenvalue weighted by Crippen LogP contribution is -2.36. The van der Waals surface area contributed by atoms with E-state index in [0.717, 1.165) is 38.8 Å². The number of carbonyl (C=O) groups is 1. The first-order chi connectivity index (χ1) is 10.2. The maximum absolute atomic E-state index is 12.6. The maximum atomic E-state index is 12.6. The fraction of sp³-hybridized carbons (Fsp3) is 0.643. The standard InChI is InChI=1S/C14H19ClN4O2/c15-11-9-16-14(18-5-1-2-6-18)17-12(11)13(21)19(7-8-20)10-3-4-10/h9-10,20H,1-8H2. The SMILES string of the molecule is O=C(c1nc(N2CCCC2)ncc1Cl)N(CCO)C1CC1. The van der Waals surface area contributed by atoms with Gasteiger partial charge in [0, 0.05) is 25.7 Å². The van der Waals surface area contributed by atoms with Crippen LogP contribution < -0.4 is 4.90 Å². The van der Waals surface area contributed by atoms with Crippen LogP contribution in [-0.4, -0.2) is 58.2 Å². The Bertz CT molecular complexity index is 530. The molecule has 0 unspecified atom stereocenters. The fourth-order valence-corrected chi connectivity index (χ4v) is 2.83. The van der Waals surface area contributed by atoms with Gasteiger partial charge in [-0.25, -0.2) is 9.97 Å². The first kappa shape index (κ1) is 14.5. The zero-order chi connectivity index (χ0) is 14.8. The molecule has 1 aliphatic heterocycles. The number of amides is 1. The van der Waals surface area contributed by atoms with Gasteiger partial charge < -0.3 is 14.9 Å². The van der Waals surface area contributed by atoms with E-state index in [1.165, 1.54) is 6.20 Å². The molecule has 1 saturated carbocycles. The zero-order valence-corrected chi connectivity index (χ0v) is 12.6. The molecule has 21 heavy (non-hydrogen) atoms. The summed E-state index contributed by atoms with van der Waals surface area (Å²) in [5.41, 5.74) is 0.244. The predicted octanol–water partition coefficient (Wildman–Crippen LogP) is 1.33. The summed E-state index contributed by atoms with van der Waals surface area (Å²) in [5.74, 6) is 0.361. The molecular formula is C14H19ClN4O2. The van der Waals surface area contributed by atoms with E-state index in [0.29, 0.717) is 12.5 Å². The summed E-state index contributed by atoms with van der Waals surface area (Å²) in [5, 5.41) is 9.41. The van der Waals surface area contributed by atoms with Gasteiger partial charge in [-0.15, -0.1) is 0 Å². The van der Waals surface area contributed by atoms with Crippen molar-refractivity contribution in [1.29, 1.82) is 0 Å². The van der Waals surface area contributed by atoms with E-state index in [-0.39, 0.29) is 29.3 Å². The first-order valence-electron chi connectivity index (χ1n) is 7.40. The van der Waals surface area contributed by atoms with Gasteiger partial charge in [0.05, 0.1) is 17.8 Å². The van der Waals surface area contributed by atoms with Gasteiger partial charge in [0.2, 0.25) is 5.95 Å². The zero-order valence-electron chi connectivity index (χ0n) is 11.8. The van der Waals surface area contributed by atoms with Gasteiger partial charge in [-0.1, -0.05) is 11.6 Å². The molecule has 0 aromatic carbocycles. The van der Waals surface area contributed by atoms with E-state index in [4.69, 9.17) is 16.7 Å². The molecule has 1 amide bonds. The topological polar surface area (TPSA) is 69.6 Å². The normalized spacial score (nSPS) is 18.1. The molecule has 1 N–H and O–H groups in total. The molecule has 7 heteroatoms. The fourth-order valence-electron chi connectivity index (χ4n) is 2.66. The number of aliphatic hydroxyl groups is 1. The third-order valence-electron chi connectivity index (χ3n) is 3.91. The van der Waals surface area contributed by atoms with Crippen molar-refractivity contribution in [2.45, 2.75) is 31.7 Å². The van der Waals surface area contributed by atoms with E-state index in [1.807, 2.05) is 0 Å². The van der Waals surface area contributed by atoms with E-state index >= 15 is 0 Å². The van der Waals surface area contributed by atoms with Crippen molar-refractivity contribution in [3.05, 3.63) is 16.9 Å². The second kappa shape index (κ2) is 6.15. The van der Waals surface area contributed by atoms with E-state index in [1.54, 1.807) is 4.90 Å². The minimum atomic E-state index is -0.209. The lowest BCUT2D eigenvalue weighted by atomic mass is 10.3. The van der Waals surface area contributed by atoms with Crippen LogP contribution in [0.5, 0.6) is 0 Å². The smallest absolute Gasteiger partial charge is 0.274 e. The Labute approximate surface area is 128 Å². The number of halogens is 1. The van der Waals surface area contributed by atoms with Gasteiger partial charge in [0.15, 0.2) is 5.69 Å². The van der Waals surface area contributed by atoms with Crippen LogP contribution in [0.4, 0.5) is 5.95 Å². The van der Waals surface area contributed by atoms with Crippen molar-refractivity contribution in [1.82, 2.24) is 14.9 Å². The Morgan fingerprint density at radius 2 is 2.14 bits per heavy atom. The van der Waals surface area contributed by atoms with Crippen LogP contribution in [0.25, 0.3) is 0 Å². The molecule has 2 aliphatic rings. The number of aromatic nitrogens is 2. The average Bonchev–Trinajstić information content (AvgIpc) is 3.18. The molecule has 1 aromatic heterocycles. The minimum Gasteiger partial charge on any atom is -0.395 e. The third-order valence-corrected chi connectivity index (χ3v) is 4.19. The highest BCUT2D eigenvalue weighted by Gasteiger charge is 2.34. The number of carbonyl (C=O) groups excluding carboxylic acids is 1. The maximum Gasteiger partial charge on any atom is 0.274 e. The molecule has 1 aromatic rings. The van der Waals surface area contributed by atoms with Crippen LogP contribution in [0.15, 0.2) is 6.20 Å². The Balaban J connectivity index is 1.85. The number of anilines is 1. The predicted molar refractivity (Wildman–Crippen MR) is 79.6 cm³/mol. The molecular weight excluding hydrogens is 292 g/mol. The number of nitrogens with zero attached hydrogens (tertiary/aromatic N) is 4. The molecule has 0 bridgehead atoms. The summed E-state index contributed by atoms with van der Waals surface area (Å²) in [6.07, 6.45) is 5.70. The molecule has 0 radical (unpaired) electrons. The summed E-state index contributed by atoms with van der Waals surface area (Å²) in [6.45, 7) is 2.10. The lowest BCUT2D eigenvalue weighted by Gasteiger charge is -2.22. The molecule has 114 valence electrons. The largest absolute Gasteiger partial charge is 0.395 e. The minimum absolute atomic E-state index is 0.0517. The third kappa shape index (κ3) is 3.11. The van der Waals surface area contributed by atoms with E-state index < -0.39 is 0 Å². The molecule has 0 atom stereocenters. The van der Waals surface area contributed by atoms with Crippen molar-refractivity contribution in [2.75, 3.05) is 31.1 Å². The van der Waals surface area contributed by atoms with Crippen molar-refractivity contribution in [2.24, 2.45) is 0 Å². The van der Waals surface area contributed by atoms with Crippen LogP contribution in [0.3, 0.4) is 0 Å². The molecule has 1 saturated heterocycles. The summed E-state index contributed by atoms with van der Waals surface area (Å²) >= 11 is 6.11. The van der Waals surface area contributed by atoms with Crippen LogP contribution in [0.2, 0.25) is 5.02 Å². The Hall–Kier alpha value is -1.40. The summed E-state index contributed by atoms with van der Waals surface area (Å²) in [4.78, 5) is 25.0. The number of hydrogen-bond acceptors (Lipinski definition) is 5. The summed E-state index contributed by atoms with van der Waals surface area (Å²) in [6, 6.07) is 0.214. The molecule has 3 rings (SSSR count). The first-order valence-corrected chi connectivity index (χ1v) is 7.78. The molecule has 2 fully saturated rings. The van der Waals surface area contributed by atoms with Gasteiger partial charge >= 0.3 is 0 Å². The quantitative estimate of drug-likeness (QED) is 0.888. The highest BCUT2D eigenvalue weighted by molar-refractivity contribution is 6.33. The van der Waals surface area contributed by atoms with Crippen LogP contribution >= 0.6 is 11.6 Å². The Kier molecular flexibility index (Phi) is 4.26. The summed E-state index contributed by atoms with van der Waals surface area (Å²) < 4.78 is 0. The van der Waals surface area contributed by atoms with E-state index in [9.17, 15) is 4.79 Å². The van der Waals surface area contributed by atoms with Gasteiger partial charge in [0.1, 0.15) is 0 Å². The Morgan fingerprint density at radius 1 is 1.43 bits per heavy atom. The second-order valence-electron chi connectivity index (χ2n) is 5.51. The van der Waals surface area contributed by atoms with Crippen molar-refractivity contribution in [3.8, 4) is 0 Å². The molecule has 0 spiro atoms. The van der Waals surface area contributed by atoms with Gasteiger partial charge in [-0.2, -0.15) is 0 Å². The van der Waals surface area contributed by atoms with Crippen LogP contribution in [-0.2, 0) is 0 Å². The lowest BCUT2D eigenvalue weighted by molar-refractivity contribution is 0.0702. The van der Waals surface area contributed by atoms with Crippen LogP contribution in [0, 0.1) is 0 Å². The van der Waals surface area contributed by atoms with E-state index in [2.05, 4.69) is 14.9 Å². The highest BCUT2D eigenvalue weighted by atomic mass is 35.5. The van der Waals surface area contributed by atoms with Crippen LogP contribution in [0.1, 0.15) is 36.2 Å². The highest BCUT2D eigenvalue weighted by Crippen LogP contribution is 2.29. The number of aliphatic hydroxyl groups excluding tert-OH is 1. The molecule has 6 nitrogen and oxygen atoms in total. The molecule has 2 heterocycles. The average molecular weight is 311 g/mol.